The zero-order chi connectivity index (χ0) is 21.7. The van der Waals surface area contributed by atoms with E-state index >= 15 is 0 Å². The first-order chi connectivity index (χ1) is 14.4. The van der Waals surface area contributed by atoms with Crippen molar-refractivity contribution in [3.05, 3.63) is 52.0 Å². The van der Waals surface area contributed by atoms with Gasteiger partial charge in [-0.2, -0.15) is 0 Å². The molecule has 1 aliphatic rings. The first-order valence-corrected chi connectivity index (χ1v) is 11.4. The van der Waals surface area contributed by atoms with Crippen LogP contribution in [0.3, 0.4) is 0 Å². The monoisotopic (exact) mass is 432 g/mol. The van der Waals surface area contributed by atoms with Gasteiger partial charge in [-0.3, -0.25) is 9.59 Å². The number of hydrogen-bond donors (Lipinski definition) is 0. The number of benzene rings is 1. The molecule has 0 saturated heterocycles. The van der Waals surface area contributed by atoms with E-state index in [0.29, 0.717) is 18.7 Å². The van der Waals surface area contributed by atoms with E-state index in [9.17, 15) is 14.0 Å². The molecule has 0 spiro atoms. The van der Waals surface area contributed by atoms with Gasteiger partial charge in [0.1, 0.15) is 24.7 Å². The molecule has 1 aliphatic heterocycles. The molecule has 0 N–H and O–H groups in total. The molecule has 0 radical (unpaired) electrons. The van der Waals surface area contributed by atoms with Gasteiger partial charge in [0.2, 0.25) is 11.8 Å². The highest BCUT2D eigenvalue weighted by Crippen LogP contribution is 2.34. The Morgan fingerprint density at radius 2 is 2.13 bits per heavy atom. The van der Waals surface area contributed by atoms with E-state index in [1.165, 1.54) is 17.0 Å². The fourth-order valence-electron chi connectivity index (χ4n) is 3.76. The third-order valence-electron chi connectivity index (χ3n) is 5.67. The summed E-state index contributed by atoms with van der Waals surface area (Å²) in [4.78, 5) is 30.4. The lowest BCUT2D eigenvalue weighted by molar-refractivity contribution is -0.144. The summed E-state index contributed by atoms with van der Waals surface area (Å²) in [7, 11) is 0. The molecule has 162 valence electrons. The summed E-state index contributed by atoms with van der Waals surface area (Å²) in [5.41, 5.74) is 1.08. The molecule has 1 aromatic heterocycles. The number of amides is 2. The summed E-state index contributed by atoms with van der Waals surface area (Å²) in [6.45, 7) is 6.69. The quantitative estimate of drug-likeness (QED) is 0.620. The van der Waals surface area contributed by atoms with Crippen LogP contribution in [0.2, 0.25) is 0 Å². The normalized spacial score (nSPS) is 16.7. The number of fused-ring (bicyclic) bond motifs is 1. The standard InChI is InChI=1S/C23H29FN2O3S/c1-4-16(3)26(22(27)5-2)14-23(28)25-11-9-21-19(10-12-30-21)20(25)15-29-18-8-6-7-17(24)13-18/h6-8,10,12-13,16,20H,4-5,9,11,14-15H2,1-3H3/t16-,20-/m0/s1. The minimum atomic E-state index is -0.359. The van der Waals surface area contributed by atoms with Crippen LogP contribution in [0.4, 0.5) is 4.39 Å². The van der Waals surface area contributed by atoms with Crippen molar-refractivity contribution in [3.8, 4) is 5.75 Å². The highest BCUT2D eigenvalue weighted by molar-refractivity contribution is 7.10. The summed E-state index contributed by atoms with van der Waals surface area (Å²) < 4.78 is 19.4. The largest absolute Gasteiger partial charge is 0.491 e. The second kappa shape index (κ2) is 10.1. The summed E-state index contributed by atoms with van der Waals surface area (Å²) >= 11 is 1.68. The maximum Gasteiger partial charge on any atom is 0.242 e. The van der Waals surface area contributed by atoms with E-state index in [0.717, 1.165) is 18.4 Å². The fourth-order valence-corrected chi connectivity index (χ4v) is 4.68. The molecule has 5 nitrogen and oxygen atoms in total. The maximum absolute atomic E-state index is 13.5. The SMILES string of the molecule is CCC(=O)N(CC(=O)N1CCc2sccc2[C@@H]1COc1cccc(F)c1)[C@@H](C)CC. The summed E-state index contributed by atoms with van der Waals surface area (Å²) in [6, 6.07) is 7.80. The Balaban J connectivity index is 1.79. The summed E-state index contributed by atoms with van der Waals surface area (Å²) in [5, 5.41) is 2.03. The molecule has 0 aliphatic carbocycles. The number of nitrogens with zero attached hydrogens (tertiary/aromatic N) is 2. The maximum atomic E-state index is 13.5. The average molecular weight is 433 g/mol. The predicted molar refractivity (Wildman–Crippen MR) is 116 cm³/mol. The van der Waals surface area contributed by atoms with Crippen LogP contribution in [0.25, 0.3) is 0 Å². The number of hydrogen-bond acceptors (Lipinski definition) is 4. The summed E-state index contributed by atoms with van der Waals surface area (Å²) in [5.74, 6) is -0.0185. The van der Waals surface area contributed by atoms with Crippen LogP contribution in [-0.2, 0) is 16.0 Å². The summed E-state index contributed by atoms with van der Waals surface area (Å²) in [6.07, 6.45) is 1.96. The van der Waals surface area contributed by atoms with E-state index in [1.807, 2.05) is 37.1 Å². The molecule has 2 heterocycles. The molecule has 2 aromatic rings. The van der Waals surface area contributed by atoms with Gasteiger partial charge in [-0.05, 0) is 48.9 Å². The van der Waals surface area contributed by atoms with Crippen molar-refractivity contribution in [1.82, 2.24) is 9.80 Å². The number of thiophene rings is 1. The van der Waals surface area contributed by atoms with E-state index in [-0.39, 0.29) is 42.9 Å². The zero-order valence-corrected chi connectivity index (χ0v) is 18.6. The van der Waals surface area contributed by atoms with Crippen molar-refractivity contribution in [2.45, 2.75) is 52.1 Å². The van der Waals surface area contributed by atoms with Crippen molar-refractivity contribution in [2.24, 2.45) is 0 Å². The van der Waals surface area contributed by atoms with Gasteiger partial charge in [-0.1, -0.05) is 19.9 Å². The molecule has 0 unspecified atom stereocenters. The minimum Gasteiger partial charge on any atom is -0.491 e. The molecule has 3 rings (SSSR count). The first-order valence-electron chi connectivity index (χ1n) is 10.5. The average Bonchev–Trinajstić information content (AvgIpc) is 3.23. The Hall–Kier alpha value is -2.41. The molecular formula is C23H29FN2O3S. The predicted octanol–water partition coefficient (Wildman–Crippen LogP) is 4.43. The van der Waals surface area contributed by atoms with Gasteiger partial charge in [-0.25, -0.2) is 4.39 Å². The smallest absolute Gasteiger partial charge is 0.242 e. The van der Waals surface area contributed by atoms with Gasteiger partial charge in [0.05, 0.1) is 6.04 Å². The molecular weight excluding hydrogens is 403 g/mol. The van der Waals surface area contributed by atoms with Crippen LogP contribution < -0.4 is 4.74 Å². The number of carbonyl (C=O) groups excluding carboxylic acids is 2. The third-order valence-corrected chi connectivity index (χ3v) is 6.67. The van der Waals surface area contributed by atoms with Crippen molar-refractivity contribution in [3.63, 3.8) is 0 Å². The molecule has 0 fully saturated rings. The molecule has 0 bridgehead atoms. The van der Waals surface area contributed by atoms with Crippen LogP contribution in [0.1, 0.15) is 50.1 Å². The highest BCUT2D eigenvalue weighted by Gasteiger charge is 2.34. The Kier molecular flexibility index (Phi) is 7.48. The Morgan fingerprint density at radius 3 is 2.83 bits per heavy atom. The third kappa shape index (κ3) is 5.01. The lowest BCUT2D eigenvalue weighted by atomic mass is 10.00. The molecule has 1 aromatic carbocycles. The Labute approximate surface area is 181 Å². The van der Waals surface area contributed by atoms with Crippen LogP contribution in [0, 0.1) is 5.82 Å². The van der Waals surface area contributed by atoms with Gasteiger partial charge in [0, 0.05) is 30.0 Å². The van der Waals surface area contributed by atoms with E-state index in [2.05, 4.69) is 0 Å². The molecule has 30 heavy (non-hydrogen) atoms. The number of ether oxygens (including phenoxy) is 1. The van der Waals surface area contributed by atoms with Gasteiger partial charge in [-0.15, -0.1) is 11.3 Å². The Morgan fingerprint density at radius 1 is 1.33 bits per heavy atom. The van der Waals surface area contributed by atoms with Gasteiger partial charge in [0.25, 0.3) is 0 Å². The second-order valence-electron chi connectivity index (χ2n) is 7.55. The van der Waals surface area contributed by atoms with Crippen LogP contribution in [-0.4, -0.2) is 47.4 Å². The van der Waals surface area contributed by atoms with Crippen molar-refractivity contribution < 1.29 is 18.7 Å². The van der Waals surface area contributed by atoms with Crippen molar-refractivity contribution in [2.75, 3.05) is 19.7 Å². The molecule has 2 atom stereocenters. The lowest BCUT2D eigenvalue weighted by Gasteiger charge is -2.38. The van der Waals surface area contributed by atoms with Crippen molar-refractivity contribution in [1.29, 1.82) is 0 Å². The first kappa shape index (κ1) is 22.3. The number of halogens is 1. The van der Waals surface area contributed by atoms with E-state index in [4.69, 9.17) is 4.74 Å². The van der Waals surface area contributed by atoms with E-state index in [1.54, 1.807) is 28.4 Å². The van der Waals surface area contributed by atoms with Crippen molar-refractivity contribution >= 4 is 23.2 Å². The van der Waals surface area contributed by atoms with Gasteiger partial charge < -0.3 is 14.5 Å². The van der Waals surface area contributed by atoms with Gasteiger partial charge >= 0.3 is 0 Å². The second-order valence-corrected chi connectivity index (χ2v) is 8.55. The molecule has 2 amide bonds. The zero-order valence-electron chi connectivity index (χ0n) is 17.8. The van der Waals surface area contributed by atoms with Crippen LogP contribution >= 0.6 is 11.3 Å². The fraction of sp³-hybridized carbons (Fsp3) is 0.478. The Bertz CT molecular complexity index is 885. The topological polar surface area (TPSA) is 49.9 Å². The number of carbonyl (C=O) groups is 2. The number of rotatable bonds is 8. The van der Waals surface area contributed by atoms with Gasteiger partial charge in [0.15, 0.2) is 0 Å². The molecule has 7 heteroatoms. The highest BCUT2D eigenvalue weighted by atomic mass is 32.1. The van der Waals surface area contributed by atoms with Crippen LogP contribution in [0.15, 0.2) is 35.7 Å². The lowest BCUT2D eigenvalue weighted by Crippen LogP contribution is -2.49. The molecule has 0 saturated carbocycles. The minimum absolute atomic E-state index is 0.00453. The van der Waals surface area contributed by atoms with E-state index < -0.39 is 0 Å². The van der Waals surface area contributed by atoms with Crippen LogP contribution in [0.5, 0.6) is 5.75 Å².